The number of carbonyl (C=O) groups is 1. The van der Waals surface area contributed by atoms with Gasteiger partial charge in [-0.2, -0.15) is 4.31 Å². The zero-order chi connectivity index (χ0) is 21.7. The van der Waals surface area contributed by atoms with Gasteiger partial charge >= 0.3 is 0 Å². The van der Waals surface area contributed by atoms with Crippen molar-refractivity contribution in [1.29, 1.82) is 0 Å². The molecule has 6 nitrogen and oxygen atoms in total. The van der Waals surface area contributed by atoms with E-state index in [2.05, 4.69) is 12.2 Å². The maximum Gasteiger partial charge on any atom is 0.251 e. The normalized spacial score (nSPS) is 19.5. The Bertz CT molecular complexity index is 968. The van der Waals surface area contributed by atoms with Crippen molar-refractivity contribution >= 4 is 15.9 Å². The zero-order valence-corrected chi connectivity index (χ0v) is 18.6. The second-order valence-corrected chi connectivity index (χ2v) is 10.1. The van der Waals surface area contributed by atoms with Crippen LogP contribution in [0.25, 0.3) is 0 Å². The molecule has 1 fully saturated rings. The summed E-state index contributed by atoms with van der Waals surface area (Å²) in [6.07, 6.45) is 4.09. The number of hydrogen-bond donors (Lipinski definition) is 1. The van der Waals surface area contributed by atoms with Crippen molar-refractivity contribution in [1.82, 2.24) is 9.62 Å². The second-order valence-electron chi connectivity index (χ2n) is 8.04. The van der Waals surface area contributed by atoms with Crippen molar-refractivity contribution in [2.24, 2.45) is 5.92 Å². The first-order chi connectivity index (χ1) is 14.3. The van der Waals surface area contributed by atoms with Crippen LogP contribution in [0, 0.1) is 5.92 Å². The molecule has 0 radical (unpaired) electrons. The molecule has 30 heavy (non-hydrogen) atoms. The number of hydrogen-bond acceptors (Lipinski definition) is 4. The summed E-state index contributed by atoms with van der Waals surface area (Å²) < 4.78 is 33.0. The first-order valence-corrected chi connectivity index (χ1v) is 11.7. The lowest BCUT2D eigenvalue weighted by molar-refractivity contribution is 0.0922. The third-order valence-corrected chi connectivity index (χ3v) is 7.54. The Morgan fingerprint density at radius 3 is 2.40 bits per heavy atom. The van der Waals surface area contributed by atoms with E-state index in [1.807, 2.05) is 30.3 Å². The van der Waals surface area contributed by atoms with E-state index < -0.39 is 10.0 Å². The third-order valence-electron chi connectivity index (χ3n) is 5.71. The van der Waals surface area contributed by atoms with Crippen LogP contribution < -0.4 is 10.1 Å². The number of carbonyl (C=O) groups excluding carboxylic acids is 1. The number of amides is 1. The second kappa shape index (κ2) is 9.62. The Labute approximate surface area is 179 Å². The van der Waals surface area contributed by atoms with Crippen molar-refractivity contribution in [3.05, 3.63) is 59.7 Å². The van der Waals surface area contributed by atoms with Crippen LogP contribution in [0.4, 0.5) is 0 Å². The number of nitrogens with zero attached hydrogens (tertiary/aromatic N) is 1. The maximum absolute atomic E-state index is 13.2. The predicted molar refractivity (Wildman–Crippen MR) is 117 cm³/mol. The van der Waals surface area contributed by atoms with Gasteiger partial charge in [0.05, 0.1) is 7.11 Å². The minimum atomic E-state index is -3.85. The topological polar surface area (TPSA) is 75.7 Å². The Morgan fingerprint density at radius 2 is 1.77 bits per heavy atom. The first-order valence-electron chi connectivity index (χ1n) is 10.3. The van der Waals surface area contributed by atoms with E-state index in [0.29, 0.717) is 11.5 Å². The molecule has 0 unspecified atom stereocenters. The van der Waals surface area contributed by atoms with Crippen LogP contribution in [0.3, 0.4) is 0 Å². The van der Waals surface area contributed by atoms with Crippen molar-refractivity contribution < 1.29 is 17.9 Å². The molecule has 1 N–H and O–H groups in total. The molecule has 1 aliphatic rings. The molecule has 2 aromatic carbocycles. The van der Waals surface area contributed by atoms with Gasteiger partial charge in [-0.25, -0.2) is 8.42 Å². The first kappa shape index (κ1) is 22.3. The molecule has 1 amide bonds. The van der Waals surface area contributed by atoms with Gasteiger partial charge in [0.1, 0.15) is 10.6 Å². The average Bonchev–Trinajstić information content (AvgIpc) is 2.75. The number of sulfonamides is 1. The summed E-state index contributed by atoms with van der Waals surface area (Å²) in [6.45, 7) is 2.45. The van der Waals surface area contributed by atoms with Crippen molar-refractivity contribution in [2.75, 3.05) is 14.2 Å². The molecule has 0 saturated heterocycles. The number of nitrogens with one attached hydrogen (secondary N) is 1. The summed E-state index contributed by atoms with van der Waals surface area (Å²) in [6, 6.07) is 14.1. The molecule has 0 bridgehead atoms. The SMILES string of the molecule is COc1ccc(C(=O)NC2CCC(C)CC2)cc1S(=O)(=O)N(C)Cc1ccccc1. The molecule has 7 heteroatoms. The summed E-state index contributed by atoms with van der Waals surface area (Å²) >= 11 is 0. The van der Waals surface area contributed by atoms with E-state index in [9.17, 15) is 13.2 Å². The third kappa shape index (κ3) is 5.21. The molecule has 2 aromatic rings. The fourth-order valence-electron chi connectivity index (χ4n) is 3.79. The lowest BCUT2D eigenvalue weighted by Gasteiger charge is -2.27. The van der Waals surface area contributed by atoms with Gasteiger partial charge in [0.25, 0.3) is 5.91 Å². The Hall–Kier alpha value is -2.38. The number of rotatable bonds is 7. The highest BCUT2D eigenvalue weighted by molar-refractivity contribution is 7.89. The van der Waals surface area contributed by atoms with Crippen LogP contribution in [0.5, 0.6) is 5.75 Å². The van der Waals surface area contributed by atoms with E-state index in [-0.39, 0.29) is 29.1 Å². The van der Waals surface area contributed by atoms with Crippen LogP contribution in [0.1, 0.15) is 48.5 Å². The van der Waals surface area contributed by atoms with Crippen molar-refractivity contribution in [2.45, 2.75) is 50.1 Å². The highest BCUT2D eigenvalue weighted by Crippen LogP contribution is 2.29. The van der Waals surface area contributed by atoms with Gasteiger partial charge in [-0.15, -0.1) is 0 Å². The van der Waals surface area contributed by atoms with E-state index in [1.54, 1.807) is 12.1 Å². The van der Waals surface area contributed by atoms with Gasteiger partial charge in [0, 0.05) is 25.2 Å². The fourth-order valence-corrected chi connectivity index (χ4v) is 5.12. The van der Waals surface area contributed by atoms with E-state index >= 15 is 0 Å². The Morgan fingerprint density at radius 1 is 1.10 bits per heavy atom. The zero-order valence-electron chi connectivity index (χ0n) is 17.8. The summed E-state index contributed by atoms with van der Waals surface area (Å²) in [7, 11) is -0.897. The molecule has 1 aliphatic carbocycles. The van der Waals surface area contributed by atoms with Crippen molar-refractivity contribution in [3.8, 4) is 5.75 Å². The lowest BCUT2D eigenvalue weighted by Crippen LogP contribution is -2.37. The van der Waals surface area contributed by atoms with Crippen molar-refractivity contribution in [3.63, 3.8) is 0 Å². The van der Waals surface area contributed by atoms with Gasteiger partial charge in [0.2, 0.25) is 10.0 Å². The van der Waals surface area contributed by atoms with Gasteiger partial charge in [-0.05, 0) is 55.4 Å². The van der Waals surface area contributed by atoms with Crippen LogP contribution in [0.15, 0.2) is 53.4 Å². The molecule has 0 aromatic heterocycles. The van der Waals surface area contributed by atoms with Crippen LogP contribution >= 0.6 is 0 Å². The molecule has 162 valence electrons. The molecule has 1 saturated carbocycles. The molecular formula is C23H30N2O4S. The van der Waals surface area contributed by atoms with Gasteiger partial charge in [0.15, 0.2) is 0 Å². The molecular weight excluding hydrogens is 400 g/mol. The highest BCUT2D eigenvalue weighted by atomic mass is 32.2. The molecule has 0 aliphatic heterocycles. The maximum atomic E-state index is 13.2. The number of ether oxygens (including phenoxy) is 1. The summed E-state index contributed by atoms with van der Waals surface area (Å²) in [5.74, 6) is 0.661. The number of methoxy groups -OCH3 is 1. The lowest BCUT2D eigenvalue weighted by atomic mass is 9.87. The largest absolute Gasteiger partial charge is 0.495 e. The van der Waals surface area contributed by atoms with Gasteiger partial charge < -0.3 is 10.1 Å². The quantitative estimate of drug-likeness (QED) is 0.724. The molecule has 0 spiro atoms. The van der Waals surface area contributed by atoms with Crippen LogP contribution in [-0.4, -0.2) is 38.8 Å². The summed E-state index contributed by atoms with van der Waals surface area (Å²) in [5, 5.41) is 3.05. The highest BCUT2D eigenvalue weighted by Gasteiger charge is 2.27. The Balaban J connectivity index is 1.81. The predicted octanol–water partition coefficient (Wildman–Crippen LogP) is 3.82. The van der Waals surface area contributed by atoms with Crippen LogP contribution in [0.2, 0.25) is 0 Å². The van der Waals surface area contributed by atoms with Crippen LogP contribution in [-0.2, 0) is 16.6 Å². The minimum Gasteiger partial charge on any atom is -0.495 e. The monoisotopic (exact) mass is 430 g/mol. The minimum absolute atomic E-state index is 0.00616. The molecule has 0 atom stereocenters. The fraction of sp³-hybridized carbons (Fsp3) is 0.435. The average molecular weight is 431 g/mol. The smallest absolute Gasteiger partial charge is 0.251 e. The van der Waals surface area contributed by atoms with Gasteiger partial charge in [-0.1, -0.05) is 37.3 Å². The number of benzene rings is 2. The van der Waals surface area contributed by atoms with E-state index in [0.717, 1.165) is 31.2 Å². The van der Waals surface area contributed by atoms with Gasteiger partial charge in [-0.3, -0.25) is 4.79 Å². The van der Waals surface area contributed by atoms with E-state index in [1.165, 1.54) is 24.5 Å². The summed E-state index contributed by atoms with van der Waals surface area (Å²) in [4.78, 5) is 12.8. The summed E-state index contributed by atoms with van der Waals surface area (Å²) in [5.41, 5.74) is 1.20. The molecule has 3 rings (SSSR count). The standard InChI is InChI=1S/C23H30N2O4S/c1-17-9-12-20(13-10-17)24-23(26)19-11-14-21(29-3)22(15-19)30(27,28)25(2)16-18-7-5-4-6-8-18/h4-8,11,14-15,17,20H,9-10,12-13,16H2,1-3H3,(H,24,26). The molecule has 0 heterocycles. The van der Waals surface area contributed by atoms with E-state index in [4.69, 9.17) is 4.74 Å². The Kier molecular flexibility index (Phi) is 7.15.